The first-order valence-electron chi connectivity index (χ1n) is 10.6. The highest BCUT2D eigenvalue weighted by Gasteiger charge is 2.29. The summed E-state index contributed by atoms with van der Waals surface area (Å²) in [6, 6.07) is 20.2. The van der Waals surface area contributed by atoms with E-state index in [1.807, 2.05) is 30.3 Å². The first-order valence-corrected chi connectivity index (χ1v) is 10.6. The van der Waals surface area contributed by atoms with Crippen molar-refractivity contribution in [2.24, 2.45) is 11.5 Å². The van der Waals surface area contributed by atoms with Crippen LogP contribution in [0.25, 0.3) is 0 Å². The minimum atomic E-state index is -0.686. The standard InChI is InChI=1S/C26H25N3O3/c27-22(26(32)23(28)14-16-6-2-1-3-7-16)12-13-29-17-10-11-20-21(15-17)25(31)19-9-5-4-8-18(19)24(20)30/h1-11,15,22-23,29H,12-14,27-28H2/t22?,23-/m0/s1. The normalized spacial score (nSPS) is 14.3. The van der Waals surface area contributed by atoms with E-state index in [-0.39, 0.29) is 17.3 Å². The van der Waals surface area contributed by atoms with Crippen LogP contribution in [-0.4, -0.2) is 36.0 Å². The Morgan fingerprint density at radius 2 is 1.34 bits per heavy atom. The molecule has 0 aromatic heterocycles. The number of nitrogens with one attached hydrogen (secondary N) is 1. The first kappa shape index (κ1) is 21.6. The van der Waals surface area contributed by atoms with Gasteiger partial charge in [-0.05, 0) is 36.6 Å². The fraction of sp³-hybridized carbons (Fsp3) is 0.192. The number of carbonyl (C=O) groups is 3. The molecule has 6 heteroatoms. The molecule has 0 fully saturated rings. The molecule has 3 aromatic rings. The summed E-state index contributed by atoms with van der Waals surface area (Å²) < 4.78 is 0. The Bertz CT molecular complexity index is 1170. The number of ketones is 3. The van der Waals surface area contributed by atoms with E-state index in [0.29, 0.717) is 47.3 Å². The van der Waals surface area contributed by atoms with E-state index in [2.05, 4.69) is 5.32 Å². The van der Waals surface area contributed by atoms with Gasteiger partial charge in [0.25, 0.3) is 0 Å². The summed E-state index contributed by atoms with van der Waals surface area (Å²) in [5.41, 5.74) is 15.4. The molecular formula is C26H25N3O3. The van der Waals surface area contributed by atoms with Crippen LogP contribution in [0.15, 0.2) is 72.8 Å². The van der Waals surface area contributed by atoms with Gasteiger partial charge in [0, 0.05) is 34.5 Å². The summed E-state index contributed by atoms with van der Waals surface area (Å²) in [6.45, 7) is 0.433. The Morgan fingerprint density at radius 3 is 2.03 bits per heavy atom. The summed E-state index contributed by atoms with van der Waals surface area (Å²) in [4.78, 5) is 38.1. The Labute approximate surface area is 186 Å². The SMILES string of the molecule is NC(CCNc1ccc2c(c1)C(=O)c1ccccc1C2=O)C(=O)[C@@H](N)Cc1ccccc1. The summed E-state index contributed by atoms with van der Waals surface area (Å²) in [7, 11) is 0. The maximum Gasteiger partial charge on any atom is 0.194 e. The molecule has 32 heavy (non-hydrogen) atoms. The molecule has 5 N–H and O–H groups in total. The van der Waals surface area contributed by atoms with Gasteiger partial charge in [0.2, 0.25) is 0 Å². The second-order valence-corrected chi connectivity index (χ2v) is 7.98. The zero-order valence-corrected chi connectivity index (χ0v) is 17.6. The molecule has 162 valence electrons. The molecule has 0 radical (unpaired) electrons. The van der Waals surface area contributed by atoms with Gasteiger partial charge >= 0.3 is 0 Å². The van der Waals surface area contributed by atoms with Crippen molar-refractivity contribution in [2.45, 2.75) is 24.9 Å². The molecule has 4 rings (SSSR count). The average molecular weight is 428 g/mol. The lowest BCUT2D eigenvalue weighted by Crippen LogP contribution is -2.45. The van der Waals surface area contributed by atoms with E-state index in [9.17, 15) is 14.4 Å². The predicted molar refractivity (Wildman–Crippen MR) is 124 cm³/mol. The van der Waals surface area contributed by atoms with Crippen molar-refractivity contribution in [1.29, 1.82) is 0 Å². The number of hydrogen-bond donors (Lipinski definition) is 3. The topological polar surface area (TPSA) is 115 Å². The molecule has 0 spiro atoms. The number of carbonyl (C=O) groups excluding carboxylic acids is 3. The molecule has 3 aromatic carbocycles. The van der Waals surface area contributed by atoms with Gasteiger partial charge in [-0.25, -0.2) is 0 Å². The largest absolute Gasteiger partial charge is 0.385 e. The van der Waals surface area contributed by atoms with Gasteiger partial charge < -0.3 is 16.8 Å². The van der Waals surface area contributed by atoms with E-state index in [1.165, 1.54) is 0 Å². The molecule has 1 aliphatic rings. The Kier molecular flexibility index (Phi) is 6.25. The van der Waals surface area contributed by atoms with Gasteiger partial charge in [-0.2, -0.15) is 0 Å². The van der Waals surface area contributed by atoms with Crippen molar-refractivity contribution in [1.82, 2.24) is 0 Å². The molecule has 1 unspecified atom stereocenters. The fourth-order valence-corrected chi connectivity index (χ4v) is 3.97. The minimum Gasteiger partial charge on any atom is -0.385 e. The van der Waals surface area contributed by atoms with Crippen molar-refractivity contribution in [3.05, 3.63) is 101 Å². The Hall–Kier alpha value is -3.61. The molecule has 1 aliphatic carbocycles. The van der Waals surface area contributed by atoms with Gasteiger partial charge in [-0.3, -0.25) is 14.4 Å². The lowest BCUT2D eigenvalue weighted by molar-refractivity contribution is -0.121. The predicted octanol–water partition coefficient (Wildman–Crippen LogP) is 2.73. The number of Topliss-reactive ketones (excluding diaryl/α,β-unsaturated/α-hetero) is 1. The van der Waals surface area contributed by atoms with Crippen LogP contribution < -0.4 is 16.8 Å². The molecule has 6 nitrogen and oxygen atoms in total. The van der Waals surface area contributed by atoms with E-state index >= 15 is 0 Å². The first-order chi connectivity index (χ1) is 15.5. The van der Waals surface area contributed by atoms with Crippen molar-refractivity contribution >= 4 is 23.0 Å². The van der Waals surface area contributed by atoms with E-state index in [4.69, 9.17) is 11.5 Å². The summed E-state index contributed by atoms with van der Waals surface area (Å²) in [6.07, 6.45) is 0.845. The number of rotatable bonds is 8. The number of anilines is 1. The highest BCUT2D eigenvalue weighted by Crippen LogP contribution is 2.29. The number of nitrogens with two attached hydrogens (primary N) is 2. The van der Waals surface area contributed by atoms with Crippen molar-refractivity contribution in [3.63, 3.8) is 0 Å². The fourth-order valence-electron chi connectivity index (χ4n) is 3.97. The molecule has 0 heterocycles. The number of fused-ring (bicyclic) bond motifs is 2. The third kappa shape index (κ3) is 4.37. The van der Waals surface area contributed by atoms with E-state index in [0.717, 1.165) is 5.56 Å². The number of benzene rings is 3. The molecule has 0 saturated carbocycles. The van der Waals surface area contributed by atoms with Gasteiger partial charge in [-0.15, -0.1) is 0 Å². The third-order valence-electron chi connectivity index (χ3n) is 5.74. The summed E-state index contributed by atoms with van der Waals surface area (Å²) in [5, 5.41) is 3.19. The summed E-state index contributed by atoms with van der Waals surface area (Å²) >= 11 is 0. The molecule has 2 atom stereocenters. The molecule has 0 amide bonds. The van der Waals surface area contributed by atoms with Crippen LogP contribution in [0.3, 0.4) is 0 Å². The lowest BCUT2D eigenvalue weighted by Gasteiger charge is -2.19. The van der Waals surface area contributed by atoms with Crippen LogP contribution >= 0.6 is 0 Å². The molecule has 0 bridgehead atoms. The van der Waals surface area contributed by atoms with Crippen molar-refractivity contribution in [3.8, 4) is 0 Å². The Balaban J connectivity index is 1.36. The van der Waals surface area contributed by atoms with Crippen molar-refractivity contribution in [2.75, 3.05) is 11.9 Å². The van der Waals surface area contributed by atoms with Gasteiger partial charge in [0.15, 0.2) is 17.3 Å². The maximum atomic E-state index is 12.8. The monoisotopic (exact) mass is 427 g/mol. The lowest BCUT2D eigenvalue weighted by atomic mass is 9.84. The van der Waals surface area contributed by atoms with Gasteiger partial charge in [-0.1, -0.05) is 54.6 Å². The minimum absolute atomic E-state index is 0.151. The second kappa shape index (κ2) is 9.26. The third-order valence-corrected chi connectivity index (χ3v) is 5.74. The summed E-state index contributed by atoms with van der Waals surface area (Å²) in [5.74, 6) is -0.502. The van der Waals surface area contributed by atoms with E-state index < -0.39 is 12.1 Å². The van der Waals surface area contributed by atoms with Crippen LogP contribution in [0, 0.1) is 0 Å². The van der Waals surface area contributed by atoms with Crippen LogP contribution in [-0.2, 0) is 11.2 Å². The van der Waals surface area contributed by atoms with Crippen LogP contribution in [0.2, 0.25) is 0 Å². The quantitative estimate of drug-likeness (QED) is 0.398. The highest BCUT2D eigenvalue weighted by molar-refractivity contribution is 6.28. The zero-order chi connectivity index (χ0) is 22.7. The number of hydrogen-bond acceptors (Lipinski definition) is 6. The van der Waals surface area contributed by atoms with Gasteiger partial charge in [0.05, 0.1) is 12.1 Å². The van der Waals surface area contributed by atoms with E-state index in [1.54, 1.807) is 42.5 Å². The smallest absolute Gasteiger partial charge is 0.194 e. The van der Waals surface area contributed by atoms with Crippen LogP contribution in [0.1, 0.15) is 43.8 Å². The molecule has 0 saturated heterocycles. The average Bonchev–Trinajstić information content (AvgIpc) is 2.82. The Morgan fingerprint density at radius 1 is 0.750 bits per heavy atom. The molecular weight excluding hydrogens is 402 g/mol. The maximum absolute atomic E-state index is 12.8. The van der Waals surface area contributed by atoms with Crippen LogP contribution in [0.4, 0.5) is 5.69 Å². The second-order valence-electron chi connectivity index (χ2n) is 7.98. The molecule has 0 aliphatic heterocycles. The highest BCUT2D eigenvalue weighted by atomic mass is 16.1. The van der Waals surface area contributed by atoms with Crippen LogP contribution in [0.5, 0.6) is 0 Å². The van der Waals surface area contributed by atoms with Gasteiger partial charge in [0.1, 0.15) is 0 Å². The zero-order valence-electron chi connectivity index (χ0n) is 17.6. The van der Waals surface area contributed by atoms with Crippen molar-refractivity contribution < 1.29 is 14.4 Å².